The van der Waals surface area contributed by atoms with Crippen LogP contribution in [0.1, 0.15) is 23.2 Å². The summed E-state index contributed by atoms with van der Waals surface area (Å²) in [5.74, 6) is -0.558. The topological polar surface area (TPSA) is 72.9 Å². The molecule has 1 aliphatic rings. The van der Waals surface area contributed by atoms with Crippen molar-refractivity contribution in [3.05, 3.63) is 41.8 Å². The molecule has 1 amide bonds. The van der Waals surface area contributed by atoms with Crippen LogP contribution in [0.4, 0.5) is 10.2 Å². The van der Waals surface area contributed by atoms with Crippen molar-refractivity contribution in [1.82, 2.24) is 15.1 Å². The Kier molecular flexibility index (Phi) is 2.70. The molecule has 0 unspecified atom stereocenters. The van der Waals surface area contributed by atoms with E-state index in [1.54, 1.807) is 18.2 Å². The van der Waals surface area contributed by atoms with Crippen molar-refractivity contribution < 1.29 is 9.18 Å². The summed E-state index contributed by atoms with van der Waals surface area (Å²) in [5, 5.41) is 6.81. The lowest BCUT2D eigenvalue weighted by molar-refractivity contribution is 0.0952. The summed E-state index contributed by atoms with van der Waals surface area (Å²) in [6, 6.07) is 6.38. The molecule has 0 spiro atoms. The second kappa shape index (κ2) is 4.38. The van der Waals surface area contributed by atoms with Gasteiger partial charge in [-0.3, -0.25) is 4.79 Å². The number of carbonyl (C=O) groups excluding carboxylic acids is 1. The van der Waals surface area contributed by atoms with Gasteiger partial charge in [-0.15, -0.1) is 0 Å². The third-order valence-electron chi connectivity index (χ3n) is 3.04. The van der Waals surface area contributed by atoms with Crippen molar-refractivity contribution in [3.8, 4) is 5.69 Å². The Bertz CT molecular complexity index is 633. The van der Waals surface area contributed by atoms with Crippen molar-refractivity contribution in [2.45, 2.75) is 18.9 Å². The molecule has 1 aromatic carbocycles. The van der Waals surface area contributed by atoms with Crippen LogP contribution in [-0.2, 0) is 0 Å². The van der Waals surface area contributed by atoms with Gasteiger partial charge in [-0.1, -0.05) is 12.1 Å². The molecular weight excluding hydrogens is 247 g/mol. The quantitative estimate of drug-likeness (QED) is 0.878. The summed E-state index contributed by atoms with van der Waals surface area (Å²) >= 11 is 0. The number of hydrogen-bond donors (Lipinski definition) is 2. The molecule has 0 saturated heterocycles. The van der Waals surface area contributed by atoms with Crippen LogP contribution in [0.3, 0.4) is 0 Å². The maximum absolute atomic E-state index is 13.7. The molecular formula is C13H13FN4O. The lowest BCUT2D eigenvalue weighted by Gasteiger charge is -2.06. The van der Waals surface area contributed by atoms with Crippen LogP contribution < -0.4 is 11.1 Å². The minimum atomic E-state index is -0.438. The van der Waals surface area contributed by atoms with Crippen LogP contribution >= 0.6 is 0 Å². The van der Waals surface area contributed by atoms with Gasteiger partial charge in [0.15, 0.2) is 0 Å². The second-order valence-corrected chi connectivity index (χ2v) is 4.55. The lowest BCUT2D eigenvalue weighted by Crippen LogP contribution is -2.25. The maximum atomic E-state index is 13.7. The number of anilines is 1. The van der Waals surface area contributed by atoms with Gasteiger partial charge in [-0.05, 0) is 25.0 Å². The van der Waals surface area contributed by atoms with Gasteiger partial charge in [-0.2, -0.15) is 5.10 Å². The highest BCUT2D eigenvalue weighted by Crippen LogP contribution is 2.22. The molecule has 0 bridgehead atoms. The van der Waals surface area contributed by atoms with Crippen molar-refractivity contribution in [2.24, 2.45) is 0 Å². The Morgan fingerprint density at radius 2 is 2.16 bits per heavy atom. The number of halogens is 1. The van der Waals surface area contributed by atoms with Crippen LogP contribution in [0, 0.1) is 5.82 Å². The van der Waals surface area contributed by atoms with E-state index in [1.165, 1.54) is 16.9 Å². The Labute approximate surface area is 109 Å². The van der Waals surface area contributed by atoms with Crippen LogP contribution in [0.15, 0.2) is 30.5 Å². The largest absolute Gasteiger partial charge is 0.383 e. The molecule has 3 N–H and O–H groups in total. The first-order valence-corrected chi connectivity index (χ1v) is 6.06. The third-order valence-corrected chi connectivity index (χ3v) is 3.04. The highest BCUT2D eigenvalue weighted by Gasteiger charge is 2.26. The molecule has 0 aliphatic heterocycles. The van der Waals surface area contributed by atoms with E-state index < -0.39 is 5.82 Å². The van der Waals surface area contributed by atoms with Gasteiger partial charge in [0.05, 0.1) is 6.20 Å². The van der Waals surface area contributed by atoms with E-state index in [0.29, 0.717) is 0 Å². The number of nitrogens with one attached hydrogen (secondary N) is 1. The fourth-order valence-electron chi connectivity index (χ4n) is 1.84. The molecule has 1 saturated carbocycles. The Morgan fingerprint density at radius 3 is 2.84 bits per heavy atom. The highest BCUT2D eigenvalue weighted by molar-refractivity contribution is 5.98. The minimum Gasteiger partial charge on any atom is -0.383 e. The number of nitrogens with two attached hydrogens (primary N) is 1. The monoisotopic (exact) mass is 260 g/mol. The van der Waals surface area contributed by atoms with Gasteiger partial charge in [-0.25, -0.2) is 9.07 Å². The van der Waals surface area contributed by atoms with Gasteiger partial charge in [0.2, 0.25) is 0 Å². The predicted octanol–water partition coefficient (Wildman–Crippen LogP) is 1.49. The lowest BCUT2D eigenvalue weighted by atomic mass is 10.3. The average molecular weight is 260 g/mol. The first kappa shape index (κ1) is 11.7. The molecule has 6 heteroatoms. The third kappa shape index (κ3) is 2.16. The molecule has 5 nitrogen and oxygen atoms in total. The van der Waals surface area contributed by atoms with Gasteiger partial charge < -0.3 is 11.1 Å². The summed E-state index contributed by atoms with van der Waals surface area (Å²) in [7, 11) is 0. The van der Waals surface area contributed by atoms with E-state index in [1.807, 2.05) is 0 Å². The van der Waals surface area contributed by atoms with Gasteiger partial charge in [0, 0.05) is 6.04 Å². The number of amides is 1. The zero-order valence-corrected chi connectivity index (χ0v) is 10.1. The van der Waals surface area contributed by atoms with Crippen LogP contribution in [0.25, 0.3) is 5.69 Å². The van der Waals surface area contributed by atoms with Gasteiger partial charge in [0.1, 0.15) is 22.9 Å². The fourth-order valence-corrected chi connectivity index (χ4v) is 1.84. The SMILES string of the molecule is Nc1c(C(=O)NC2CC2)cnn1-c1ccccc1F. The van der Waals surface area contributed by atoms with Crippen molar-refractivity contribution >= 4 is 11.7 Å². The molecule has 98 valence electrons. The van der Waals surface area contributed by atoms with Crippen molar-refractivity contribution in [3.63, 3.8) is 0 Å². The molecule has 2 aromatic rings. The van der Waals surface area contributed by atoms with E-state index in [2.05, 4.69) is 10.4 Å². The molecule has 1 fully saturated rings. The zero-order valence-electron chi connectivity index (χ0n) is 10.1. The van der Waals surface area contributed by atoms with E-state index in [4.69, 9.17) is 5.73 Å². The molecule has 1 aliphatic carbocycles. The fraction of sp³-hybridized carbons (Fsp3) is 0.231. The molecule has 0 radical (unpaired) electrons. The van der Waals surface area contributed by atoms with Crippen LogP contribution in [0.2, 0.25) is 0 Å². The Morgan fingerprint density at radius 1 is 1.42 bits per heavy atom. The van der Waals surface area contributed by atoms with Gasteiger partial charge in [0.25, 0.3) is 5.91 Å². The summed E-state index contributed by atoms with van der Waals surface area (Å²) in [5.41, 5.74) is 6.37. The number of carbonyl (C=O) groups is 1. The number of para-hydroxylation sites is 1. The normalized spacial score (nSPS) is 14.4. The van der Waals surface area contributed by atoms with E-state index >= 15 is 0 Å². The second-order valence-electron chi connectivity index (χ2n) is 4.55. The zero-order chi connectivity index (χ0) is 13.4. The molecule has 1 heterocycles. The van der Waals surface area contributed by atoms with E-state index in [9.17, 15) is 9.18 Å². The molecule has 19 heavy (non-hydrogen) atoms. The summed E-state index contributed by atoms with van der Waals surface area (Å²) < 4.78 is 14.9. The van der Waals surface area contributed by atoms with E-state index in [0.717, 1.165) is 12.8 Å². The summed E-state index contributed by atoms with van der Waals surface area (Å²) in [6.07, 6.45) is 3.35. The summed E-state index contributed by atoms with van der Waals surface area (Å²) in [4.78, 5) is 11.9. The molecule has 1 aromatic heterocycles. The first-order valence-electron chi connectivity index (χ1n) is 6.06. The molecule has 3 rings (SSSR count). The van der Waals surface area contributed by atoms with Crippen molar-refractivity contribution in [1.29, 1.82) is 0 Å². The van der Waals surface area contributed by atoms with Crippen molar-refractivity contribution in [2.75, 3.05) is 5.73 Å². The Hall–Kier alpha value is -2.37. The van der Waals surface area contributed by atoms with Crippen LogP contribution in [-0.4, -0.2) is 21.7 Å². The number of hydrogen-bond acceptors (Lipinski definition) is 3. The predicted molar refractivity (Wildman–Crippen MR) is 68.4 cm³/mol. The smallest absolute Gasteiger partial charge is 0.256 e. The number of rotatable bonds is 3. The van der Waals surface area contributed by atoms with Crippen LogP contribution in [0.5, 0.6) is 0 Å². The standard InChI is InChI=1S/C13H13FN4O/c14-10-3-1-2-4-11(10)18-12(15)9(7-16-18)13(19)17-8-5-6-8/h1-4,7-8H,5-6,15H2,(H,17,19). The van der Waals surface area contributed by atoms with E-state index in [-0.39, 0.29) is 29.0 Å². The molecule has 0 atom stereocenters. The highest BCUT2D eigenvalue weighted by atomic mass is 19.1. The maximum Gasteiger partial charge on any atom is 0.256 e. The average Bonchev–Trinajstić information content (AvgIpc) is 3.12. The number of nitrogen functional groups attached to an aromatic ring is 1. The summed E-state index contributed by atoms with van der Waals surface area (Å²) in [6.45, 7) is 0. The number of aromatic nitrogens is 2. The first-order chi connectivity index (χ1) is 9.16. The van der Waals surface area contributed by atoms with Gasteiger partial charge >= 0.3 is 0 Å². The number of benzene rings is 1. The Balaban J connectivity index is 1.94. The minimum absolute atomic E-state index is 0.142. The number of nitrogens with zero attached hydrogens (tertiary/aromatic N) is 2.